The maximum atomic E-state index is 11.8. The minimum absolute atomic E-state index is 0.114. The second-order valence-electron chi connectivity index (χ2n) is 5.20. The number of hydrogen-bond donors (Lipinski definition) is 2. The molecule has 0 aliphatic heterocycles. The highest BCUT2D eigenvalue weighted by molar-refractivity contribution is 7.80. The molecular weight excluding hydrogens is 312 g/mol. The van der Waals surface area contributed by atoms with Crippen molar-refractivity contribution in [1.29, 1.82) is 0 Å². The molecule has 0 spiro atoms. The molecule has 0 bridgehead atoms. The second-order valence-corrected chi connectivity index (χ2v) is 5.61. The van der Waals surface area contributed by atoms with E-state index in [2.05, 4.69) is 39.9 Å². The summed E-state index contributed by atoms with van der Waals surface area (Å²) in [6.07, 6.45) is 3.14. The number of anilines is 1. The fourth-order valence-corrected chi connectivity index (χ4v) is 1.98. The molecule has 1 aromatic carbocycles. The number of thiocarbonyl (C=S) groups is 1. The molecule has 0 fully saturated rings. The third kappa shape index (κ3) is 5.26. The fraction of sp³-hybridized carbons (Fsp3) is 0.267. The van der Waals surface area contributed by atoms with E-state index in [1.54, 1.807) is 13.1 Å². The lowest BCUT2D eigenvalue weighted by atomic mass is 10.0. The van der Waals surface area contributed by atoms with E-state index in [1.807, 2.05) is 24.3 Å². The van der Waals surface area contributed by atoms with E-state index in [0.29, 0.717) is 5.92 Å². The first-order valence-electron chi connectivity index (χ1n) is 7.08. The molecule has 0 atom stereocenters. The van der Waals surface area contributed by atoms with Gasteiger partial charge in [0.1, 0.15) is 0 Å². The van der Waals surface area contributed by atoms with E-state index in [4.69, 9.17) is 12.2 Å². The third-order valence-corrected chi connectivity index (χ3v) is 3.20. The van der Waals surface area contributed by atoms with Gasteiger partial charge in [-0.25, -0.2) is 0 Å². The summed E-state index contributed by atoms with van der Waals surface area (Å²) in [6.45, 7) is 4.27. The number of aromatic nitrogens is 4. The molecule has 0 aliphatic rings. The Bertz CT molecular complexity index is 720. The molecule has 2 rings (SSSR count). The number of aryl methyl sites for hydroxylation is 1. The molecule has 0 radical (unpaired) electrons. The Morgan fingerprint density at radius 2 is 2.00 bits per heavy atom. The maximum absolute atomic E-state index is 11.8. The van der Waals surface area contributed by atoms with Crippen LogP contribution < -0.4 is 10.6 Å². The number of benzene rings is 1. The van der Waals surface area contributed by atoms with Gasteiger partial charge in [-0.05, 0) is 40.6 Å². The van der Waals surface area contributed by atoms with Gasteiger partial charge in [-0.2, -0.15) is 4.80 Å². The van der Waals surface area contributed by atoms with Crippen LogP contribution in [0.5, 0.6) is 0 Å². The molecule has 2 aromatic rings. The highest BCUT2D eigenvalue weighted by Crippen LogP contribution is 2.15. The van der Waals surface area contributed by atoms with E-state index in [0.717, 1.165) is 5.56 Å². The molecule has 0 aliphatic carbocycles. The van der Waals surface area contributed by atoms with Crippen molar-refractivity contribution < 1.29 is 4.79 Å². The molecule has 1 aromatic heterocycles. The number of hydrogen-bond acceptors (Lipinski definition) is 5. The predicted octanol–water partition coefficient (Wildman–Crippen LogP) is 1.86. The first kappa shape index (κ1) is 16.8. The molecule has 7 nitrogen and oxygen atoms in total. The number of nitrogens with one attached hydrogen (secondary N) is 2. The van der Waals surface area contributed by atoms with Gasteiger partial charge in [-0.1, -0.05) is 43.2 Å². The van der Waals surface area contributed by atoms with Crippen molar-refractivity contribution in [2.75, 3.05) is 5.32 Å². The molecule has 120 valence electrons. The molecule has 8 heteroatoms. The summed E-state index contributed by atoms with van der Waals surface area (Å²) in [6, 6.07) is 8.04. The largest absolute Gasteiger partial charge is 0.299 e. The Hall–Kier alpha value is -2.61. The normalized spacial score (nSPS) is 11.0. The van der Waals surface area contributed by atoms with Gasteiger partial charge in [0.05, 0.1) is 7.05 Å². The smallest absolute Gasteiger partial charge is 0.269 e. The van der Waals surface area contributed by atoms with Gasteiger partial charge in [-0.3, -0.25) is 15.4 Å². The predicted molar refractivity (Wildman–Crippen MR) is 92.7 cm³/mol. The van der Waals surface area contributed by atoms with E-state index in [1.165, 1.54) is 16.4 Å². The van der Waals surface area contributed by atoms with Crippen LogP contribution in [-0.2, 0) is 11.8 Å². The summed E-state index contributed by atoms with van der Waals surface area (Å²) in [5, 5.41) is 16.6. The van der Waals surface area contributed by atoms with Gasteiger partial charge in [0.25, 0.3) is 5.95 Å². The molecule has 0 saturated heterocycles. The third-order valence-electron chi connectivity index (χ3n) is 3.00. The number of carbonyl (C=O) groups is 1. The van der Waals surface area contributed by atoms with E-state index in [9.17, 15) is 4.79 Å². The monoisotopic (exact) mass is 330 g/mol. The standard InChI is InChI=1S/C15H18N6OS/c1-10(2)12-7-4-11(5-8-12)6-9-13(22)16-15(23)17-14-18-20-21(3)19-14/h4-10H,1-3H3,(H2,16,17,19,22,23)/b9-6+. The van der Waals surface area contributed by atoms with Gasteiger partial charge >= 0.3 is 0 Å². The molecule has 1 heterocycles. The lowest BCUT2D eigenvalue weighted by Gasteiger charge is -2.05. The molecule has 0 saturated carbocycles. The van der Waals surface area contributed by atoms with Gasteiger partial charge in [0, 0.05) is 6.08 Å². The lowest BCUT2D eigenvalue weighted by Crippen LogP contribution is -2.33. The molecule has 0 unspecified atom stereocenters. The van der Waals surface area contributed by atoms with E-state index >= 15 is 0 Å². The Kier molecular flexibility index (Phi) is 5.53. The average Bonchev–Trinajstić information content (AvgIpc) is 2.90. The summed E-state index contributed by atoms with van der Waals surface area (Å²) < 4.78 is 0. The highest BCUT2D eigenvalue weighted by atomic mass is 32.1. The van der Waals surface area contributed by atoms with Crippen LogP contribution >= 0.6 is 12.2 Å². The van der Waals surface area contributed by atoms with Crippen molar-refractivity contribution in [2.24, 2.45) is 7.05 Å². The van der Waals surface area contributed by atoms with Gasteiger partial charge < -0.3 is 0 Å². The van der Waals surface area contributed by atoms with E-state index in [-0.39, 0.29) is 17.0 Å². The number of rotatable bonds is 4. The van der Waals surface area contributed by atoms with Gasteiger partial charge in [-0.15, -0.1) is 5.10 Å². The van der Waals surface area contributed by atoms with Crippen LogP contribution in [0.3, 0.4) is 0 Å². The zero-order valence-corrected chi connectivity index (χ0v) is 14.0. The summed E-state index contributed by atoms with van der Waals surface area (Å²) in [7, 11) is 1.63. The van der Waals surface area contributed by atoms with Crippen LogP contribution in [0.4, 0.5) is 5.95 Å². The minimum atomic E-state index is -0.334. The van der Waals surface area contributed by atoms with Crippen LogP contribution in [-0.4, -0.2) is 31.2 Å². The summed E-state index contributed by atoms with van der Waals surface area (Å²) in [5.41, 5.74) is 2.20. The molecule has 1 amide bonds. The van der Waals surface area contributed by atoms with Crippen molar-refractivity contribution in [3.63, 3.8) is 0 Å². The number of amides is 1. The minimum Gasteiger partial charge on any atom is -0.299 e. The first-order valence-corrected chi connectivity index (χ1v) is 7.49. The van der Waals surface area contributed by atoms with Gasteiger partial charge in [0.2, 0.25) is 5.91 Å². The van der Waals surface area contributed by atoms with Crippen molar-refractivity contribution in [2.45, 2.75) is 19.8 Å². The second kappa shape index (κ2) is 7.59. The quantitative estimate of drug-likeness (QED) is 0.657. The maximum Gasteiger partial charge on any atom is 0.269 e. The summed E-state index contributed by atoms with van der Waals surface area (Å²) in [5.74, 6) is 0.375. The van der Waals surface area contributed by atoms with Crippen molar-refractivity contribution >= 4 is 35.3 Å². The lowest BCUT2D eigenvalue weighted by molar-refractivity contribution is -0.115. The SMILES string of the molecule is CC(C)c1ccc(/C=C/C(=O)NC(=S)Nc2nnn(C)n2)cc1. The highest BCUT2D eigenvalue weighted by Gasteiger charge is 2.05. The van der Waals surface area contributed by atoms with Crippen molar-refractivity contribution in [3.8, 4) is 0 Å². The number of tetrazole rings is 1. The van der Waals surface area contributed by atoms with Crippen LogP contribution in [0.2, 0.25) is 0 Å². The van der Waals surface area contributed by atoms with Crippen LogP contribution in [0, 0.1) is 0 Å². The molecule has 23 heavy (non-hydrogen) atoms. The Labute approximate surface area is 139 Å². The van der Waals surface area contributed by atoms with Gasteiger partial charge in [0.15, 0.2) is 5.11 Å². The average molecular weight is 330 g/mol. The van der Waals surface area contributed by atoms with E-state index < -0.39 is 0 Å². The van der Waals surface area contributed by atoms with Crippen molar-refractivity contribution in [1.82, 2.24) is 25.5 Å². The Morgan fingerprint density at radius 3 is 2.57 bits per heavy atom. The topological polar surface area (TPSA) is 84.7 Å². The summed E-state index contributed by atoms with van der Waals surface area (Å²) in [4.78, 5) is 13.1. The summed E-state index contributed by atoms with van der Waals surface area (Å²) >= 11 is 5.00. The number of nitrogens with zero attached hydrogens (tertiary/aromatic N) is 4. The van der Waals surface area contributed by atoms with Crippen LogP contribution in [0.25, 0.3) is 6.08 Å². The van der Waals surface area contributed by atoms with Crippen LogP contribution in [0.15, 0.2) is 30.3 Å². The zero-order valence-electron chi connectivity index (χ0n) is 13.1. The van der Waals surface area contributed by atoms with Crippen LogP contribution in [0.1, 0.15) is 30.9 Å². The number of carbonyl (C=O) groups excluding carboxylic acids is 1. The molecule has 2 N–H and O–H groups in total. The zero-order chi connectivity index (χ0) is 16.8. The van der Waals surface area contributed by atoms with Crippen molar-refractivity contribution in [3.05, 3.63) is 41.5 Å². The Balaban J connectivity index is 1.87. The fourth-order valence-electron chi connectivity index (χ4n) is 1.78. The first-order chi connectivity index (χ1) is 10.9. The Morgan fingerprint density at radius 1 is 1.30 bits per heavy atom. The molecular formula is C15H18N6OS.